The van der Waals surface area contributed by atoms with E-state index in [4.69, 9.17) is 4.74 Å². The van der Waals surface area contributed by atoms with Crippen molar-refractivity contribution in [3.05, 3.63) is 34.2 Å². The van der Waals surface area contributed by atoms with Crippen LogP contribution in [0.3, 0.4) is 0 Å². The standard InChI is InChI=1S/C12H17N3O3.2ClH/c1-8-11(13-4-5-18-8)12(17)15-7-9-2-3-10(16)14-6-9;;/h2-3,6,8,11,13H,4-5,7H2,1H3,(H,14,16)(H,15,17);2*1H/t8-,11+;;/m1../s1. The first kappa shape index (κ1) is 18.9. The summed E-state index contributed by atoms with van der Waals surface area (Å²) in [6, 6.07) is 2.81. The molecule has 2 rings (SSSR count). The van der Waals surface area contributed by atoms with Crippen LogP contribution in [0.5, 0.6) is 0 Å². The van der Waals surface area contributed by atoms with Crippen molar-refractivity contribution >= 4 is 30.7 Å². The zero-order valence-corrected chi connectivity index (χ0v) is 12.7. The van der Waals surface area contributed by atoms with E-state index in [2.05, 4.69) is 15.6 Å². The second kappa shape index (κ2) is 8.97. The van der Waals surface area contributed by atoms with Gasteiger partial charge in [0, 0.05) is 25.4 Å². The maximum atomic E-state index is 11.9. The molecule has 1 fully saturated rings. The summed E-state index contributed by atoms with van der Waals surface area (Å²) in [5, 5.41) is 5.93. The van der Waals surface area contributed by atoms with Crippen LogP contribution in [0.1, 0.15) is 12.5 Å². The zero-order valence-electron chi connectivity index (χ0n) is 11.0. The highest BCUT2D eigenvalue weighted by Gasteiger charge is 2.27. The Labute approximate surface area is 129 Å². The van der Waals surface area contributed by atoms with Crippen molar-refractivity contribution in [3.8, 4) is 0 Å². The van der Waals surface area contributed by atoms with Crippen molar-refractivity contribution in [2.24, 2.45) is 0 Å². The minimum absolute atomic E-state index is 0. The van der Waals surface area contributed by atoms with E-state index in [1.807, 2.05) is 6.92 Å². The average Bonchev–Trinajstić information content (AvgIpc) is 2.38. The predicted molar refractivity (Wildman–Crippen MR) is 80.6 cm³/mol. The Balaban J connectivity index is 0.00000180. The number of amides is 1. The SMILES string of the molecule is C[C@H]1OCCN[C@@H]1C(=O)NCc1ccc(=O)[nH]c1.Cl.Cl. The van der Waals surface area contributed by atoms with Crippen LogP contribution in [0.25, 0.3) is 0 Å². The van der Waals surface area contributed by atoms with E-state index in [0.29, 0.717) is 19.7 Å². The number of nitrogens with one attached hydrogen (secondary N) is 3. The minimum Gasteiger partial charge on any atom is -0.375 e. The lowest BCUT2D eigenvalue weighted by Gasteiger charge is -2.29. The van der Waals surface area contributed by atoms with Gasteiger partial charge in [-0.2, -0.15) is 0 Å². The van der Waals surface area contributed by atoms with Crippen molar-refractivity contribution in [1.82, 2.24) is 15.6 Å². The van der Waals surface area contributed by atoms with E-state index in [1.54, 1.807) is 12.3 Å². The van der Waals surface area contributed by atoms with Gasteiger partial charge in [-0.25, -0.2) is 0 Å². The van der Waals surface area contributed by atoms with Gasteiger partial charge in [-0.3, -0.25) is 9.59 Å². The molecule has 0 radical (unpaired) electrons. The number of carbonyl (C=O) groups is 1. The van der Waals surface area contributed by atoms with E-state index in [-0.39, 0.29) is 48.4 Å². The lowest BCUT2D eigenvalue weighted by atomic mass is 10.1. The number of ether oxygens (including phenoxy) is 1. The number of aromatic nitrogens is 1. The van der Waals surface area contributed by atoms with E-state index in [0.717, 1.165) is 5.56 Å². The lowest BCUT2D eigenvalue weighted by molar-refractivity contribution is -0.129. The zero-order chi connectivity index (χ0) is 13.0. The number of H-pyrrole nitrogens is 1. The van der Waals surface area contributed by atoms with Crippen molar-refractivity contribution < 1.29 is 9.53 Å². The number of hydrogen-bond acceptors (Lipinski definition) is 4. The number of morpholine rings is 1. The smallest absolute Gasteiger partial charge is 0.247 e. The highest BCUT2D eigenvalue weighted by Crippen LogP contribution is 2.04. The van der Waals surface area contributed by atoms with Crippen molar-refractivity contribution in [2.75, 3.05) is 13.2 Å². The number of rotatable bonds is 3. The van der Waals surface area contributed by atoms with Crippen LogP contribution >= 0.6 is 24.8 Å². The van der Waals surface area contributed by atoms with Gasteiger partial charge in [0.05, 0.1) is 12.7 Å². The van der Waals surface area contributed by atoms with Crippen LogP contribution in [0, 0.1) is 0 Å². The van der Waals surface area contributed by atoms with Crippen LogP contribution in [-0.2, 0) is 16.1 Å². The van der Waals surface area contributed by atoms with E-state index in [1.165, 1.54) is 6.07 Å². The summed E-state index contributed by atoms with van der Waals surface area (Å²) in [5.41, 5.74) is 0.702. The Kier molecular flexibility index (Phi) is 8.48. The van der Waals surface area contributed by atoms with Gasteiger partial charge in [0.25, 0.3) is 0 Å². The van der Waals surface area contributed by atoms with Gasteiger partial charge < -0.3 is 20.4 Å². The third kappa shape index (κ3) is 5.13. The molecule has 0 spiro atoms. The molecule has 1 aliphatic rings. The van der Waals surface area contributed by atoms with E-state index >= 15 is 0 Å². The molecule has 0 saturated carbocycles. The lowest BCUT2D eigenvalue weighted by Crippen LogP contribution is -2.55. The third-order valence-electron chi connectivity index (χ3n) is 2.91. The second-order valence-corrected chi connectivity index (χ2v) is 4.29. The molecule has 0 unspecified atom stereocenters. The van der Waals surface area contributed by atoms with Gasteiger partial charge in [0.2, 0.25) is 11.5 Å². The average molecular weight is 324 g/mol. The molecule has 2 atom stereocenters. The fourth-order valence-electron chi connectivity index (χ4n) is 1.88. The maximum Gasteiger partial charge on any atom is 0.247 e. The summed E-state index contributed by atoms with van der Waals surface area (Å²) in [6.45, 7) is 3.57. The molecule has 20 heavy (non-hydrogen) atoms. The van der Waals surface area contributed by atoms with Gasteiger partial charge in [0.15, 0.2) is 0 Å². The Bertz CT molecular complexity index is 461. The fraction of sp³-hybridized carbons (Fsp3) is 0.500. The highest BCUT2D eigenvalue weighted by molar-refractivity contribution is 5.85. The normalized spacial score (nSPS) is 21.2. The summed E-state index contributed by atoms with van der Waals surface area (Å²) in [4.78, 5) is 25.4. The molecule has 1 aliphatic heterocycles. The van der Waals surface area contributed by atoms with Crippen molar-refractivity contribution in [1.29, 1.82) is 0 Å². The molecular weight excluding hydrogens is 305 g/mol. The molecule has 1 saturated heterocycles. The second-order valence-electron chi connectivity index (χ2n) is 4.29. The summed E-state index contributed by atoms with van der Waals surface area (Å²) >= 11 is 0. The molecule has 0 aromatic carbocycles. The monoisotopic (exact) mass is 323 g/mol. The molecular formula is C12H19Cl2N3O3. The summed E-state index contributed by atoms with van der Waals surface area (Å²) < 4.78 is 5.41. The molecule has 8 heteroatoms. The molecule has 0 bridgehead atoms. The molecule has 1 aromatic rings. The van der Waals surface area contributed by atoms with E-state index in [9.17, 15) is 9.59 Å². The Morgan fingerprint density at radius 1 is 1.45 bits per heavy atom. The Hall–Kier alpha value is -1.08. The van der Waals surface area contributed by atoms with Gasteiger partial charge in [-0.15, -0.1) is 24.8 Å². The number of halogens is 2. The third-order valence-corrected chi connectivity index (χ3v) is 2.91. The van der Waals surface area contributed by atoms with Crippen LogP contribution in [0.15, 0.2) is 23.1 Å². The van der Waals surface area contributed by atoms with Gasteiger partial charge >= 0.3 is 0 Å². The van der Waals surface area contributed by atoms with Gasteiger partial charge in [0.1, 0.15) is 6.04 Å². The van der Waals surface area contributed by atoms with Crippen LogP contribution < -0.4 is 16.2 Å². The number of aromatic amines is 1. The van der Waals surface area contributed by atoms with Crippen LogP contribution in [0.4, 0.5) is 0 Å². The highest BCUT2D eigenvalue weighted by atomic mass is 35.5. The molecule has 1 amide bonds. The first-order chi connectivity index (χ1) is 8.66. The Morgan fingerprint density at radius 2 is 2.20 bits per heavy atom. The van der Waals surface area contributed by atoms with Crippen LogP contribution in [0.2, 0.25) is 0 Å². The van der Waals surface area contributed by atoms with Crippen LogP contribution in [-0.4, -0.2) is 36.2 Å². The van der Waals surface area contributed by atoms with Crippen molar-refractivity contribution in [3.63, 3.8) is 0 Å². The number of pyridine rings is 1. The number of hydrogen-bond donors (Lipinski definition) is 3. The summed E-state index contributed by atoms with van der Waals surface area (Å²) in [6.07, 6.45) is 1.46. The number of carbonyl (C=O) groups excluding carboxylic acids is 1. The minimum atomic E-state index is -0.318. The molecule has 1 aromatic heterocycles. The summed E-state index contributed by atoms with van der Waals surface area (Å²) in [7, 11) is 0. The first-order valence-electron chi connectivity index (χ1n) is 5.97. The Morgan fingerprint density at radius 3 is 2.80 bits per heavy atom. The molecule has 2 heterocycles. The van der Waals surface area contributed by atoms with Gasteiger partial charge in [-0.1, -0.05) is 6.07 Å². The van der Waals surface area contributed by atoms with Gasteiger partial charge in [-0.05, 0) is 12.5 Å². The topological polar surface area (TPSA) is 83.2 Å². The molecule has 6 nitrogen and oxygen atoms in total. The summed E-state index contributed by atoms with van der Waals surface area (Å²) in [5.74, 6) is -0.0894. The first-order valence-corrected chi connectivity index (χ1v) is 5.97. The fourth-order valence-corrected chi connectivity index (χ4v) is 1.88. The maximum absolute atomic E-state index is 11.9. The molecule has 0 aliphatic carbocycles. The quantitative estimate of drug-likeness (QED) is 0.742. The molecule has 3 N–H and O–H groups in total. The van der Waals surface area contributed by atoms with E-state index < -0.39 is 0 Å². The van der Waals surface area contributed by atoms with Crippen molar-refractivity contribution in [2.45, 2.75) is 25.6 Å². The predicted octanol–water partition coefficient (Wildman–Crippen LogP) is 0.212. The molecule has 114 valence electrons. The largest absolute Gasteiger partial charge is 0.375 e.